The lowest BCUT2D eigenvalue weighted by Gasteiger charge is -2.31. The number of hydrogen-bond acceptors (Lipinski definition) is 3. The fourth-order valence-corrected chi connectivity index (χ4v) is 3.72. The van der Waals surface area contributed by atoms with Crippen molar-refractivity contribution in [1.82, 2.24) is 10.2 Å². The quantitative estimate of drug-likeness (QED) is 0.533. The molecule has 0 spiro atoms. The van der Waals surface area contributed by atoms with Crippen LogP contribution in [0.25, 0.3) is 0 Å². The largest absolute Gasteiger partial charge is 0.484 e. The normalized spacial score (nSPS) is 11.5. The number of amides is 2. The third-order valence-electron chi connectivity index (χ3n) is 5.96. The highest BCUT2D eigenvalue weighted by molar-refractivity contribution is 5.88. The zero-order chi connectivity index (χ0) is 23.8. The van der Waals surface area contributed by atoms with E-state index in [1.165, 1.54) is 0 Å². The van der Waals surface area contributed by atoms with Crippen LogP contribution in [0.1, 0.15) is 27.8 Å². The molecule has 33 heavy (non-hydrogen) atoms. The summed E-state index contributed by atoms with van der Waals surface area (Å²) in [6, 6.07) is 22.8. The first kappa shape index (κ1) is 24.1. The molecule has 0 aliphatic heterocycles. The minimum absolute atomic E-state index is 0.142. The van der Waals surface area contributed by atoms with Gasteiger partial charge in [-0.15, -0.1) is 0 Å². The van der Waals surface area contributed by atoms with Crippen molar-refractivity contribution < 1.29 is 14.3 Å². The molecule has 5 nitrogen and oxygen atoms in total. The Labute approximate surface area is 196 Å². The van der Waals surface area contributed by atoms with E-state index in [4.69, 9.17) is 4.74 Å². The lowest BCUT2D eigenvalue weighted by atomic mass is 10.0. The van der Waals surface area contributed by atoms with Crippen molar-refractivity contribution in [3.05, 3.63) is 101 Å². The maximum atomic E-state index is 13.5. The molecule has 0 aliphatic rings. The molecule has 1 atom stereocenters. The van der Waals surface area contributed by atoms with E-state index in [0.717, 1.165) is 27.8 Å². The number of carbonyl (C=O) groups is 2. The molecule has 5 heteroatoms. The first-order valence-corrected chi connectivity index (χ1v) is 11.2. The lowest BCUT2D eigenvalue weighted by molar-refractivity contribution is -0.142. The second-order valence-electron chi connectivity index (χ2n) is 8.30. The molecule has 1 N–H and O–H groups in total. The number of carbonyl (C=O) groups excluding carboxylic acids is 2. The summed E-state index contributed by atoms with van der Waals surface area (Å²) in [7, 11) is 1.60. The summed E-state index contributed by atoms with van der Waals surface area (Å²) in [4.78, 5) is 28.0. The topological polar surface area (TPSA) is 58.6 Å². The van der Waals surface area contributed by atoms with Gasteiger partial charge in [0.15, 0.2) is 6.61 Å². The second-order valence-corrected chi connectivity index (χ2v) is 8.30. The maximum Gasteiger partial charge on any atom is 0.261 e. The van der Waals surface area contributed by atoms with Crippen LogP contribution in [0.2, 0.25) is 0 Å². The number of nitrogens with zero attached hydrogens (tertiary/aromatic N) is 1. The zero-order valence-electron chi connectivity index (χ0n) is 19.8. The molecule has 3 aromatic carbocycles. The summed E-state index contributed by atoms with van der Waals surface area (Å²) in [5.41, 5.74) is 5.32. The highest BCUT2D eigenvalue weighted by Gasteiger charge is 2.30. The van der Waals surface area contributed by atoms with E-state index in [0.29, 0.717) is 18.7 Å². The summed E-state index contributed by atoms with van der Waals surface area (Å²) < 4.78 is 5.84. The van der Waals surface area contributed by atoms with Crippen LogP contribution in [0.15, 0.2) is 72.8 Å². The van der Waals surface area contributed by atoms with Crippen LogP contribution >= 0.6 is 0 Å². The average Bonchev–Trinajstić information content (AvgIpc) is 2.83. The predicted molar refractivity (Wildman–Crippen MR) is 131 cm³/mol. The molecular weight excluding hydrogens is 412 g/mol. The molecule has 0 aromatic heterocycles. The van der Waals surface area contributed by atoms with Gasteiger partial charge in [-0.05, 0) is 60.7 Å². The molecule has 0 aliphatic carbocycles. The average molecular weight is 445 g/mol. The van der Waals surface area contributed by atoms with Gasteiger partial charge in [-0.2, -0.15) is 0 Å². The number of nitrogens with one attached hydrogen (secondary N) is 1. The van der Waals surface area contributed by atoms with E-state index in [1.54, 1.807) is 11.9 Å². The Kier molecular flexibility index (Phi) is 8.25. The van der Waals surface area contributed by atoms with E-state index in [-0.39, 0.29) is 18.4 Å². The van der Waals surface area contributed by atoms with Crippen LogP contribution in [-0.2, 0) is 22.6 Å². The molecule has 2 amide bonds. The van der Waals surface area contributed by atoms with Crippen LogP contribution in [0.4, 0.5) is 0 Å². The molecule has 0 saturated carbocycles. The summed E-state index contributed by atoms with van der Waals surface area (Å²) in [5.74, 6) is 0.204. The zero-order valence-corrected chi connectivity index (χ0v) is 19.8. The molecule has 0 radical (unpaired) electrons. The third-order valence-corrected chi connectivity index (χ3v) is 5.96. The van der Waals surface area contributed by atoms with Crippen molar-refractivity contribution in [1.29, 1.82) is 0 Å². The Morgan fingerprint density at radius 3 is 2.24 bits per heavy atom. The SMILES string of the molecule is CNC(=O)[C@H](Cc1ccccc1)N(Cc1ccccc1C)C(=O)COc1ccc(C)c(C)c1. The van der Waals surface area contributed by atoms with Crippen LogP contribution in [-0.4, -0.2) is 36.4 Å². The monoisotopic (exact) mass is 444 g/mol. The molecule has 0 bridgehead atoms. The number of hydrogen-bond donors (Lipinski definition) is 1. The minimum atomic E-state index is -0.659. The lowest BCUT2D eigenvalue weighted by Crippen LogP contribution is -2.51. The Bertz CT molecular complexity index is 1100. The number of rotatable bonds is 9. The molecule has 0 heterocycles. The van der Waals surface area contributed by atoms with Gasteiger partial charge in [-0.25, -0.2) is 0 Å². The van der Waals surface area contributed by atoms with Gasteiger partial charge >= 0.3 is 0 Å². The Balaban J connectivity index is 1.88. The Morgan fingerprint density at radius 1 is 0.879 bits per heavy atom. The smallest absolute Gasteiger partial charge is 0.261 e. The van der Waals surface area contributed by atoms with E-state index >= 15 is 0 Å². The fourth-order valence-electron chi connectivity index (χ4n) is 3.72. The fraction of sp³-hybridized carbons (Fsp3) is 0.286. The van der Waals surface area contributed by atoms with Gasteiger partial charge in [0, 0.05) is 20.0 Å². The highest BCUT2D eigenvalue weighted by Crippen LogP contribution is 2.19. The van der Waals surface area contributed by atoms with Gasteiger partial charge < -0.3 is 15.0 Å². The van der Waals surface area contributed by atoms with Gasteiger partial charge in [0.2, 0.25) is 5.91 Å². The van der Waals surface area contributed by atoms with E-state index in [2.05, 4.69) is 5.32 Å². The van der Waals surface area contributed by atoms with Gasteiger partial charge in [0.1, 0.15) is 11.8 Å². The summed E-state index contributed by atoms with van der Waals surface area (Å²) in [6.45, 7) is 6.24. The van der Waals surface area contributed by atoms with Crippen molar-refractivity contribution in [3.8, 4) is 5.75 Å². The Morgan fingerprint density at radius 2 is 1.58 bits per heavy atom. The third kappa shape index (κ3) is 6.45. The molecule has 0 saturated heterocycles. The van der Waals surface area contributed by atoms with Crippen molar-refractivity contribution in [2.45, 2.75) is 39.8 Å². The van der Waals surface area contributed by atoms with E-state index in [1.807, 2.05) is 93.6 Å². The highest BCUT2D eigenvalue weighted by atomic mass is 16.5. The van der Waals surface area contributed by atoms with Crippen LogP contribution in [0.5, 0.6) is 5.75 Å². The van der Waals surface area contributed by atoms with Crippen molar-refractivity contribution >= 4 is 11.8 Å². The van der Waals surface area contributed by atoms with Crippen molar-refractivity contribution in [2.75, 3.05) is 13.7 Å². The van der Waals surface area contributed by atoms with Crippen LogP contribution in [0.3, 0.4) is 0 Å². The Hall–Kier alpha value is -3.60. The van der Waals surface area contributed by atoms with Crippen LogP contribution < -0.4 is 10.1 Å². The molecular formula is C28H32N2O3. The number of benzene rings is 3. The summed E-state index contributed by atoms with van der Waals surface area (Å²) in [6.07, 6.45) is 0.418. The van der Waals surface area contributed by atoms with Gasteiger partial charge in [-0.1, -0.05) is 60.7 Å². The molecule has 3 rings (SSSR count). The van der Waals surface area contributed by atoms with Crippen molar-refractivity contribution in [2.24, 2.45) is 0 Å². The standard InChI is InChI=1S/C28H32N2O3/c1-20-14-15-25(16-22(20)3)33-19-27(31)30(18-24-13-9-8-10-21(24)2)26(28(32)29-4)17-23-11-6-5-7-12-23/h5-16,26H,17-19H2,1-4H3,(H,29,32)/t26-/m0/s1. The number of likely N-dealkylation sites (N-methyl/N-ethyl adjacent to an activating group) is 1. The van der Waals surface area contributed by atoms with Crippen LogP contribution in [0, 0.1) is 20.8 Å². The van der Waals surface area contributed by atoms with E-state index in [9.17, 15) is 9.59 Å². The minimum Gasteiger partial charge on any atom is -0.484 e. The summed E-state index contributed by atoms with van der Waals surface area (Å²) >= 11 is 0. The van der Waals surface area contributed by atoms with Gasteiger partial charge in [0.05, 0.1) is 0 Å². The number of ether oxygens (including phenoxy) is 1. The number of aryl methyl sites for hydroxylation is 3. The van der Waals surface area contributed by atoms with Crippen molar-refractivity contribution in [3.63, 3.8) is 0 Å². The first-order valence-electron chi connectivity index (χ1n) is 11.2. The van der Waals surface area contributed by atoms with E-state index < -0.39 is 6.04 Å². The maximum absolute atomic E-state index is 13.5. The van der Waals surface area contributed by atoms with Gasteiger partial charge in [-0.3, -0.25) is 9.59 Å². The molecule has 3 aromatic rings. The van der Waals surface area contributed by atoms with Gasteiger partial charge in [0.25, 0.3) is 5.91 Å². The molecule has 0 fully saturated rings. The molecule has 0 unspecified atom stereocenters. The second kappa shape index (κ2) is 11.3. The summed E-state index contributed by atoms with van der Waals surface area (Å²) in [5, 5.41) is 2.73. The predicted octanol–water partition coefficient (Wildman–Crippen LogP) is 4.38. The first-order chi connectivity index (χ1) is 15.9. The molecule has 172 valence electrons.